The number of nitrogens with zero attached hydrogens (tertiary/aromatic N) is 3. The van der Waals surface area contributed by atoms with Gasteiger partial charge in [0.2, 0.25) is 0 Å². The highest BCUT2D eigenvalue weighted by atomic mass is 16.6. The molecule has 1 aliphatic rings. The van der Waals surface area contributed by atoms with Crippen molar-refractivity contribution >= 4 is 12.1 Å². The summed E-state index contributed by atoms with van der Waals surface area (Å²) in [4.78, 5) is 20.6. The third-order valence-electron chi connectivity index (χ3n) is 4.68. The van der Waals surface area contributed by atoms with Gasteiger partial charge in [0, 0.05) is 52.9 Å². The summed E-state index contributed by atoms with van der Waals surface area (Å²) in [6, 6.07) is 0.467. The lowest BCUT2D eigenvalue weighted by atomic mass is 10.0. The SMILES string of the molecule is CN=C(NCC(C)CN(C)C(=O)OC(C)(C)C)NC1CCN(CC(C)C)CC1. The van der Waals surface area contributed by atoms with E-state index in [4.69, 9.17) is 4.74 Å². The van der Waals surface area contributed by atoms with Crippen LogP contribution in [0.4, 0.5) is 4.79 Å². The molecule has 2 N–H and O–H groups in total. The van der Waals surface area contributed by atoms with Gasteiger partial charge < -0.3 is 25.2 Å². The lowest BCUT2D eigenvalue weighted by molar-refractivity contribution is 0.0278. The Morgan fingerprint density at radius 3 is 2.36 bits per heavy atom. The highest BCUT2D eigenvalue weighted by molar-refractivity contribution is 5.80. The van der Waals surface area contributed by atoms with E-state index in [1.165, 1.54) is 6.54 Å². The summed E-state index contributed by atoms with van der Waals surface area (Å²) in [5.74, 6) is 1.84. The van der Waals surface area contributed by atoms with Crippen LogP contribution in [0.25, 0.3) is 0 Å². The molecular formula is C21H43N5O2. The molecule has 0 aromatic carbocycles. The second-order valence-electron chi connectivity index (χ2n) is 9.53. The van der Waals surface area contributed by atoms with Crippen molar-refractivity contribution in [1.29, 1.82) is 0 Å². The molecule has 0 saturated carbocycles. The molecule has 164 valence electrons. The Bertz CT molecular complexity index is 494. The normalized spacial score (nSPS) is 18.1. The molecule has 1 fully saturated rings. The molecule has 1 saturated heterocycles. The first-order valence-electron chi connectivity index (χ1n) is 10.6. The molecular weight excluding hydrogens is 354 g/mol. The molecule has 1 aliphatic heterocycles. The number of ether oxygens (including phenoxy) is 1. The smallest absolute Gasteiger partial charge is 0.410 e. The zero-order valence-electron chi connectivity index (χ0n) is 19.3. The number of piperidine rings is 1. The van der Waals surface area contributed by atoms with Crippen molar-refractivity contribution in [3.8, 4) is 0 Å². The number of hydrogen-bond donors (Lipinski definition) is 2. The highest BCUT2D eigenvalue weighted by Crippen LogP contribution is 2.12. The van der Waals surface area contributed by atoms with E-state index in [-0.39, 0.29) is 12.0 Å². The largest absolute Gasteiger partial charge is 0.444 e. The van der Waals surface area contributed by atoms with Gasteiger partial charge in [-0.05, 0) is 45.4 Å². The first-order chi connectivity index (χ1) is 13.0. The average Bonchev–Trinajstić information content (AvgIpc) is 2.58. The van der Waals surface area contributed by atoms with Gasteiger partial charge in [0.15, 0.2) is 5.96 Å². The van der Waals surface area contributed by atoms with Crippen molar-refractivity contribution in [2.24, 2.45) is 16.8 Å². The summed E-state index contributed by atoms with van der Waals surface area (Å²) < 4.78 is 5.41. The van der Waals surface area contributed by atoms with Crippen LogP contribution in [0.1, 0.15) is 54.4 Å². The number of rotatable bonds is 7. The second kappa shape index (κ2) is 11.5. The van der Waals surface area contributed by atoms with Crippen LogP contribution in [0, 0.1) is 11.8 Å². The number of guanidine groups is 1. The van der Waals surface area contributed by atoms with Crippen LogP contribution in [0.5, 0.6) is 0 Å². The van der Waals surface area contributed by atoms with Crippen LogP contribution >= 0.6 is 0 Å². The molecule has 7 heteroatoms. The summed E-state index contributed by atoms with van der Waals surface area (Å²) in [5.41, 5.74) is -0.469. The maximum atomic E-state index is 12.1. The summed E-state index contributed by atoms with van der Waals surface area (Å²) in [6.45, 7) is 17.2. The molecule has 0 aliphatic carbocycles. The Kier molecular flexibility index (Phi) is 10.1. The van der Waals surface area contributed by atoms with E-state index in [1.807, 2.05) is 20.8 Å². The van der Waals surface area contributed by atoms with Gasteiger partial charge in [-0.2, -0.15) is 0 Å². The third-order valence-corrected chi connectivity index (χ3v) is 4.68. The lowest BCUT2D eigenvalue weighted by Gasteiger charge is -2.34. The van der Waals surface area contributed by atoms with Crippen molar-refractivity contribution in [3.05, 3.63) is 0 Å². The Labute approximate surface area is 172 Å². The van der Waals surface area contributed by atoms with E-state index in [0.29, 0.717) is 12.6 Å². The number of amides is 1. The number of carbonyl (C=O) groups excluding carboxylic acids is 1. The van der Waals surface area contributed by atoms with E-state index in [2.05, 4.69) is 41.3 Å². The molecule has 0 radical (unpaired) electrons. The Morgan fingerprint density at radius 1 is 1.25 bits per heavy atom. The predicted molar refractivity (Wildman–Crippen MR) is 117 cm³/mol. The van der Waals surface area contributed by atoms with Crippen molar-refractivity contribution in [2.75, 3.05) is 46.8 Å². The first kappa shape index (κ1) is 24.5. The van der Waals surface area contributed by atoms with Gasteiger partial charge in [-0.3, -0.25) is 4.99 Å². The summed E-state index contributed by atoms with van der Waals surface area (Å²) >= 11 is 0. The third kappa shape index (κ3) is 10.2. The van der Waals surface area contributed by atoms with Gasteiger partial charge in [-0.25, -0.2) is 4.79 Å². The van der Waals surface area contributed by atoms with Crippen LogP contribution < -0.4 is 10.6 Å². The van der Waals surface area contributed by atoms with Crippen LogP contribution in [0.3, 0.4) is 0 Å². The molecule has 1 amide bonds. The highest BCUT2D eigenvalue weighted by Gasteiger charge is 2.22. The molecule has 0 bridgehead atoms. The molecule has 28 heavy (non-hydrogen) atoms. The predicted octanol–water partition coefficient (Wildman–Crippen LogP) is 2.77. The molecule has 1 atom stereocenters. The maximum absolute atomic E-state index is 12.1. The zero-order chi connectivity index (χ0) is 21.3. The maximum Gasteiger partial charge on any atom is 0.410 e. The molecule has 0 aromatic rings. The van der Waals surface area contributed by atoms with Crippen molar-refractivity contribution in [2.45, 2.75) is 66.0 Å². The fourth-order valence-electron chi connectivity index (χ4n) is 3.38. The van der Waals surface area contributed by atoms with Gasteiger partial charge in [0.05, 0.1) is 0 Å². The topological polar surface area (TPSA) is 69.2 Å². The van der Waals surface area contributed by atoms with E-state index < -0.39 is 5.60 Å². The summed E-state index contributed by atoms with van der Waals surface area (Å²) in [7, 11) is 3.59. The van der Waals surface area contributed by atoms with Gasteiger partial charge in [-0.1, -0.05) is 20.8 Å². The van der Waals surface area contributed by atoms with Gasteiger partial charge >= 0.3 is 6.09 Å². The van der Waals surface area contributed by atoms with Gasteiger partial charge in [-0.15, -0.1) is 0 Å². The lowest BCUT2D eigenvalue weighted by Crippen LogP contribution is -2.50. The van der Waals surface area contributed by atoms with Crippen molar-refractivity contribution < 1.29 is 9.53 Å². The first-order valence-corrected chi connectivity index (χ1v) is 10.6. The molecule has 1 rings (SSSR count). The van der Waals surface area contributed by atoms with Crippen LogP contribution in [0.2, 0.25) is 0 Å². The van der Waals surface area contributed by atoms with E-state index in [1.54, 1.807) is 19.0 Å². The minimum atomic E-state index is -0.469. The second-order valence-corrected chi connectivity index (χ2v) is 9.53. The molecule has 0 aromatic heterocycles. The molecule has 1 unspecified atom stereocenters. The van der Waals surface area contributed by atoms with Crippen molar-refractivity contribution in [1.82, 2.24) is 20.4 Å². The number of nitrogens with one attached hydrogen (secondary N) is 2. The van der Waals surface area contributed by atoms with Crippen LogP contribution in [0.15, 0.2) is 4.99 Å². The molecule has 1 heterocycles. The number of carbonyl (C=O) groups is 1. The van der Waals surface area contributed by atoms with Crippen LogP contribution in [-0.2, 0) is 4.74 Å². The number of likely N-dealkylation sites (tertiary alicyclic amines) is 1. The Hall–Kier alpha value is -1.50. The standard InChI is InChI=1S/C21H43N5O2/c1-16(2)14-26-11-9-18(10-12-26)24-19(22-7)23-13-17(3)15-25(8)20(27)28-21(4,5)6/h16-18H,9-15H2,1-8H3,(H2,22,23,24). The average molecular weight is 398 g/mol. The van der Waals surface area contributed by atoms with Crippen molar-refractivity contribution in [3.63, 3.8) is 0 Å². The fraction of sp³-hybridized carbons (Fsp3) is 0.905. The van der Waals surface area contributed by atoms with Crippen LogP contribution in [-0.4, -0.2) is 80.3 Å². The summed E-state index contributed by atoms with van der Waals surface area (Å²) in [5, 5.41) is 6.95. The monoisotopic (exact) mass is 397 g/mol. The van der Waals surface area contributed by atoms with Gasteiger partial charge in [0.25, 0.3) is 0 Å². The minimum Gasteiger partial charge on any atom is -0.444 e. The Balaban J connectivity index is 2.33. The molecule has 0 spiro atoms. The minimum absolute atomic E-state index is 0.281. The quantitative estimate of drug-likeness (QED) is 0.511. The van der Waals surface area contributed by atoms with E-state index >= 15 is 0 Å². The van der Waals surface area contributed by atoms with E-state index in [9.17, 15) is 4.79 Å². The van der Waals surface area contributed by atoms with Gasteiger partial charge in [0.1, 0.15) is 5.60 Å². The fourth-order valence-corrected chi connectivity index (χ4v) is 3.38. The summed E-state index contributed by atoms with van der Waals surface area (Å²) in [6.07, 6.45) is 2.00. The Morgan fingerprint density at radius 2 is 1.86 bits per heavy atom. The number of hydrogen-bond acceptors (Lipinski definition) is 4. The zero-order valence-corrected chi connectivity index (χ0v) is 19.3. The van der Waals surface area contributed by atoms with E-state index in [0.717, 1.165) is 44.4 Å². The number of aliphatic imine (C=N–C) groups is 1. The molecule has 7 nitrogen and oxygen atoms in total.